The molecule has 1 aromatic carbocycles. The first-order chi connectivity index (χ1) is 8.19. The Morgan fingerprint density at radius 1 is 1.24 bits per heavy atom. The minimum atomic E-state index is 0.289. The van der Waals surface area contributed by atoms with Crippen molar-refractivity contribution in [3.8, 4) is 0 Å². The zero-order valence-electron chi connectivity index (χ0n) is 8.56. The lowest BCUT2D eigenvalue weighted by Gasteiger charge is -1.96. The van der Waals surface area contributed by atoms with Gasteiger partial charge in [-0.3, -0.25) is 4.79 Å². The molecule has 0 aliphatic rings. The van der Waals surface area contributed by atoms with Gasteiger partial charge in [0.15, 0.2) is 6.29 Å². The zero-order valence-corrected chi connectivity index (χ0v) is 10.1. The Bertz CT molecular complexity index is 620. The van der Waals surface area contributed by atoms with Crippen molar-refractivity contribution in [2.75, 3.05) is 0 Å². The van der Waals surface area contributed by atoms with E-state index in [1.807, 2.05) is 0 Å². The summed E-state index contributed by atoms with van der Waals surface area (Å²) < 4.78 is 5.15. The number of hydrogen-bond acceptors (Lipinski definition) is 3. The number of rotatable bonds is 2. The molecule has 1 aromatic heterocycles. The quantitative estimate of drug-likeness (QED) is 0.780. The summed E-state index contributed by atoms with van der Waals surface area (Å²) in [4.78, 5) is 14.7. The molecule has 0 atom stereocenters. The molecule has 0 saturated carbocycles. The van der Waals surface area contributed by atoms with Gasteiger partial charge in [-0.1, -0.05) is 29.3 Å². The van der Waals surface area contributed by atoms with Gasteiger partial charge in [0.25, 0.3) is 0 Å². The summed E-state index contributed by atoms with van der Waals surface area (Å²) in [5.74, 6) is 0. The molecule has 0 saturated heterocycles. The Morgan fingerprint density at radius 2 is 2.06 bits per heavy atom. The fraction of sp³-hybridized carbons (Fsp3) is 0. The monoisotopic (exact) mass is 267 g/mol. The lowest BCUT2D eigenvalue weighted by molar-refractivity contribution is 0.112. The molecule has 0 N–H and O–H groups in total. The van der Waals surface area contributed by atoms with Crippen molar-refractivity contribution in [1.29, 1.82) is 0 Å². The maximum absolute atomic E-state index is 10.5. The summed E-state index contributed by atoms with van der Waals surface area (Å²) in [7, 11) is 0. The van der Waals surface area contributed by atoms with E-state index in [1.54, 1.807) is 24.3 Å². The number of nitrogens with zero attached hydrogens (tertiary/aromatic N) is 1. The molecular formula is C12H7Cl2NO2. The molecule has 17 heavy (non-hydrogen) atoms. The summed E-state index contributed by atoms with van der Waals surface area (Å²) in [6, 6.07) is 8.48. The van der Waals surface area contributed by atoms with E-state index in [-0.39, 0.29) is 5.56 Å². The van der Waals surface area contributed by atoms with Crippen LogP contribution < -0.4 is 5.55 Å². The van der Waals surface area contributed by atoms with Crippen LogP contribution in [0.3, 0.4) is 0 Å². The van der Waals surface area contributed by atoms with Gasteiger partial charge in [0, 0.05) is 11.1 Å². The number of hydrogen-bond donors (Lipinski definition) is 0. The molecule has 0 unspecified atom stereocenters. The van der Waals surface area contributed by atoms with E-state index in [2.05, 4.69) is 4.99 Å². The van der Waals surface area contributed by atoms with Crippen molar-refractivity contribution in [2.24, 2.45) is 4.99 Å². The van der Waals surface area contributed by atoms with Crippen LogP contribution in [0.15, 0.2) is 46.0 Å². The zero-order chi connectivity index (χ0) is 12.3. The highest BCUT2D eigenvalue weighted by Gasteiger charge is 1.99. The molecule has 2 aromatic rings. The Labute approximate surface area is 107 Å². The van der Waals surface area contributed by atoms with Crippen molar-refractivity contribution in [3.63, 3.8) is 0 Å². The van der Waals surface area contributed by atoms with E-state index >= 15 is 0 Å². The molecule has 5 heteroatoms. The first-order valence-corrected chi connectivity index (χ1v) is 5.48. The lowest BCUT2D eigenvalue weighted by atomic mass is 10.3. The maximum atomic E-state index is 10.5. The molecular weight excluding hydrogens is 261 g/mol. The number of benzene rings is 1. The summed E-state index contributed by atoms with van der Waals surface area (Å²) in [6.07, 6.45) is 1.88. The second-order valence-corrected chi connectivity index (χ2v) is 4.07. The van der Waals surface area contributed by atoms with Crippen molar-refractivity contribution in [1.82, 2.24) is 0 Å². The highest BCUT2D eigenvalue weighted by Crippen LogP contribution is 2.17. The third-order valence-corrected chi connectivity index (χ3v) is 2.57. The van der Waals surface area contributed by atoms with Gasteiger partial charge in [-0.2, -0.15) is 0 Å². The minimum absolute atomic E-state index is 0.289. The number of aldehydes is 1. The maximum Gasteiger partial charge on any atom is 0.220 e. The Morgan fingerprint density at radius 3 is 2.71 bits per heavy atom. The molecule has 1 heterocycles. The van der Waals surface area contributed by atoms with Gasteiger partial charge in [0.2, 0.25) is 5.55 Å². The van der Waals surface area contributed by atoms with Crippen LogP contribution in [0.1, 0.15) is 10.4 Å². The van der Waals surface area contributed by atoms with E-state index in [1.165, 1.54) is 12.3 Å². The van der Waals surface area contributed by atoms with Crippen LogP contribution in [-0.2, 0) is 0 Å². The fourth-order valence-corrected chi connectivity index (χ4v) is 1.59. The van der Waals surface area contributed by atoms with Gasteiger partial charge < -0.3 is 4.42 Å². The molecule has 3 nitrogen and oxygen atoms in total. The van der Waals surface area contributed by atoms with E-state index in [9.17, 15) is 4.79 Å². The third kappa shape index (κ3) is 2.96. The molecule has 0 aliphatic carbocycles. The molecule has 2 rings (SSSR count). The molecule has 0 aliphatic heterocycles. The van der Waals surface area contributed by atoms with Gasteiger partial charge in [0.05, 0.1) is 16.3 Å². The number of halogens is 2. The smallest absolute Gasteiger partial charge is 0.220 e. The van der Waals surface area contributed by atoms with Crippen LogP contribution in [0, 0.1) is 0 Å². The van der Waals surface area contributed by atoms with Crippen LogP contribution in [0.25, 0.3) is 0 Å². The van der Waals surface area contributed by atoms with Crippen LogP contribution >= 0.6 is 23.2 Å². The fourth-order valence-electron chi connectivity index (χ4n) is 1.22. The third-order valence-electron chi connectivity index (χ3n) is 2.01. The standard InChI is InChI=1S/C12H7Cl2NO2/c13-9-2-1-3-10(4-9)15-12-5-11(14)8(6-16)7-17-12/h1-7H. The second-order valence-electron chi connectivity index (χ2n) is 3.23. The molecule has 0 radical (unpaired) electrons. The van der Waals surface area contributed by atoms with Crippen LogP contribution in [-0.4, -0.2) is 6.29 Å². The van der Waals surface area contributed by atoms with E-state index in [0.29, 0.717) is 27.6 Å². The summed E-state index contributed by atoms with van der Waals surface area (Å²) >= 11 is 11.7. The van der Waals surface area contributed by atoms with Gasteiger partial charge in [-0.15, -0.1) is 0 Å². The molecule has 0 spiro atoms. The predicted octanol–water partition coefficient (Wildman–Crippen LogP) is 3.63. The average molecular weight is 268 g/mol. The largest absolute Gasteiger partial charge is 0.446 e. The van der Waals surface area contributed by atoms with Crippen LogP contribution in [0.4, 0.5) is 5.69 Å². The summed E-state index contributed by atoms with van der Waals surface area (Å²) in [5.41, 5.74) is 1.25. The Hall–Kier alpha value is -1.58. The number of carbonyl (C=O) groups is 1. The van der Waals surface area contributed by atoms with Crippen molar-refractivity contribution in [2.45, 2.75) is 0 Å². The van der Waals surface area contributed by atoms with Crippen molar-refractivity contribution in [3.05, 3.63) is 57.8 Å². The first kappa shape index (κ1) is 11.9. The van der Waals surface area contributed by atoms with Crippen LogP contribution in [0.2, 0.25) is 10.0 Å². The van der Waals surface area contributed by atoms with Crippen molar-refractivity contribution >= 4 is 35.2 Å². The van der Waals surface area contributed by atoms with Crippen molar-refractivity contribution < 1.29 is 9.21 Å². The predicted molar refractivity (Wildman–Crippen MR) is 65.8 cm³/mol. The SMILES string of the molecule is O=Cc1coc(=Nc2cccc(Cl)c2)cc1Cl. The van der Waals surface area contributed by atoms with Gasteiger partial charge in [0.1, 0.15) is 6.26 Å². The summed E-state index contributed by atoms with van der Waals surface area (Å²) in [6.45, 7) is 0. The minimum Gasteiger partial charge on any atom is -0.446 e. The Kier molecular flexibility index (Phi) is 3.61. The molecule has 0 bridgehead atoms. The van der Waals surface area contributed by atoms with Gasteiger partial charge >= 0.3 is 0 Å². The lowest BCUT2D eigenvalue weighted by Crippen LogP contribution is -2.00. The highest BCUT2D eigenvalue weighted by atomic mass is 35.5. The first-order valence-electron chi connectivity index (χ1n) is 4.73. The van der Waals surface area contributed by atoms with E-state index in [4.69, 9.17) is 27.6 Å². The molecule has 0 fully saturated rings. The second kappa shape index (κ2) is 5.17. The summed E-state index contributed by atoms with van der Waals surface area (Å²) in [5, 5.41) is 0.883. The van der Waals surface area contributed by atoms with E-state index < -0.39 is 0 Å². The topological polar surface area (TPSA) is 42.6 Å². The molecule has 86 valence electrons. The van der Waals surface area contributed by atoms with Gasteiger partial charge in [-0.05, 0) is 18.2 Å². The highest BCUT2D eigenvalue weighted by molar-refractivity contribution is 6.32. The Balaban J connectivity index is 2.47. The number of carbonyl (C=O) groups excluding carboxylic acids is 1. The van der Waals surface area contributed by atoms with Gasteiger partial charge in [-0.25, -0.2) is 4.99 Å². The van der Waals surface area contributed by atoms with Crippen LogP contribution in [0.5, 0.6) is 0 Å². The molecule has 0 amide bonds. The normalized spacial score (nSPS) is 11.5. The average Bonchev–Trinajstić information content (AvgIpc) is 2.29. The van der Waals surface area contributed by atoms with E-state index in [0.717, 1.165) is 0 Å².